The van der Waals surface area contributed by atoms with Crippen molar-refractivity contribution < 1.29 is 23.8 Å². The lowest BCUT2D eigenvalue weighted by Crippen LogP contribution is -1.94. The van der Waals surface area contributed by atoms with Gasteiger partial charge in [-0.15, -0.1) is 0 Å². The highest BCUT2D eigenvalue weighted by molar-refractivity contribution is 5.97. The first-order valence-corrected chi connectivity index (χ1v) is 4.97. The van der Waals surface area contributed by atoms with E-state index < -0.39 is 5.97 Å². The van der Waals surface area contributed by atoms with Crippen LogP contribution >= 0.6 is 0 Å². The molecule has 1 aromatic heterocycles. The lowest BCUT2D eigenvalue weighted by Gasteiger charge is -2.06. The second kappa shape index (κ2) is 4.01. The van der Waals surface area contributed by atoms with Gasteiger partial charge < -0.3 is 19.0 Å². The number of furan rings is 1. The van der Waals surface area contributed by atoms with Crippen LogP contribution in [0, 0.1) is 6.92 Å². The molecular formula is C12H12O5. The molecule has 0 bridgehead atoms. The molecule has 0 aliphatic rings. The number of hydrogen-bond donors (Lipinski definition) is 1. The largest absolute Gasteiger partial charge is 0.493 e. The number of fused-ring (bicyclic) bond motifs is 1. The van der Waals surface area contributed by atoms with Crippen LogP contribution in [0.5, 0.6) is 11.5 Å². The van der Waals surface area contributed by atoms with Crippen LogP contribution in [0.4, 0.5) is 0 Å². The minimum Gasteiger partial charge on any atom is -0.493 e. The van der Waals surface area contributed by atoms with Crippen molar-refractivity contribution >= 4 is 16.9 Å². The molecule has 1 heterocycles. The third kappa shape index (κ3) is 1.60. The molecule has 0 radical (unpaired) electrons. The maximum atomic E-state index is 11.0. The van der Waals surface area contributed by atoms with E-state index in [9.17, 15) is 4.79 Å². The predicted octanol–water partition coefficient (Wildman–Crippen LogP) is 2.46. The van der Waals surface area contributed by atoms with Gasteiger partial charge >= 0.3 is 5.97 Å². The highest BCUT2D eigenvalue weighted by Crippen LogP contribution is 2.39. The van der Waals surface area contributed by atoms with Crippen LogP contribution < -0.4 is 9.47 Å². The summed E-state index contributed by atoms with van der Waals surface area (Å²) in [7, 11) is 2.99. The zero-order chi connectivity index (χ0) is 12.6. The molecule has 0 unspecified atom stereocenters. The summed E-state index contributed by atoms with van der Waals surface area (Å²) >= 11 is 0. The Morgan fingerprint density at radius 3 is 2.53 bits per heavy atom. The third-order valence-electron chi connectivity index (χ3n) is 2.64. The van der Waals surface area contributed by atoms with E-state index in [1.807, 2.05) is 0 Å². The second-order valence-corrected chi connectivity index (χ2v) is 3.54. The Kier molecular flexibility index (Phi) is 2.67. The van der Waals surface area contributed by atoms with Crippen molar-refractivity contribution in [2.45, 2.75) is 6.92 Å². The smallest absolute Gasteiger partial charge is 0.372 e. The SMILES string of the molecule is COc1ccc2c(C)c(C(=O)O)oc2c1OC. The normalized spacial score (nSPS) is 10.5. The molecule has 1 aromatic carbocycles. The molecule has 17 heavy (non-hydrogen) atoms. The fraction of sp³-hybridized carbons (Fsp3) is 0.250. The monoisotopic (exact) mass is 236 g/mol. The van der Waals surface area contributed by atoms with Crippen molar-refractivity contribution in [2.24, 2.45) is 0 Å². The molecular weight excluding hydrogens is 224 g/mol. The number of rotatable bonds is 3. The molecule has 0 fully saturated rings. The van der Waals surface area contributed by atoms with Crippen molar-refractivity contribution in [2.75, 3.05) is 14.2 Å². The second-order valence-electron chi connectivity index (χ2n) is 3.54. The number of hydrogen-bond acceptors (Lipinski definition) is 4. The molecule has 0 saturated heterocycles. The zero-order valence-electron chi connectivity index (χ0n) is 9.73. The Bertz CT molecular complexity index is 582. The third-order valence-corrected chi connectivity index (χ3v) is 2.64. The molecule has 2 aromatic rings. The molecule has 0 amide bonds. The predicted molar refractivity (Wildman–Crippen MR) is 61.0 cm³/mol. The van der Waals surface area contributed by atoms with Crippen molar-refractivity contribution in [1.29, 1.82) is 0 Å². The topological polar surface area (TPSA) is 68.9 Å². The molecule has 0 aliphatic carbocycles. The Labute approximate surface area is 97.6 Å². The summed E-state index contributed by atoms with van der Waals surface area (Å²) in [6, 6.07) is 3.47. The molecule has 0 saturated carbocycles. The quantitative estimate of drug-likeness (QED) is 0.886. The molecule has 5 heteroatoms. The van der Waals surface area contributed by atoms with Crippen molar-refractivity contribution in [3.8, 4) is 11.5 Å². The number of ether oxygens (including phenoxy) is 2. The zero-order valence-corrected chi connectivity index (χ0v) is 9.73. The van der Waals surface area contributed by atoms with E-state index in [4.69, 9.17) is 19.0 Å². The number of methoxy groups -OCH3 is 2. The maximum absolute atomic E-state index is 11.0. The highest BCUT2D eigenvalue weighted by atomic mass is 16.5. The summed E-state index contributed by atoms with van der Waals surface area (Å²) in [4.78, 5) is 11.0. The van der Waals surface area contributed by atoms with Gasteiger partial charge in [-0.3, -0.25) is 0 Å². The molecule has 0 aliphatic heterocycles. The average molecular weight is 236 g/mol. The van der Waals surface area contributed by atoms with Gasteiger partial charge in [-0.25, -0.2) is 4.79 Å². The van der Waals surface area contributed by atoms with Crippen LogP contribution in [0.3, 0.4) is 0 Å². The van der Waals surface area contributed by atoms with Gasteiger partial charge in [0, 0.05) is 10.9 Å². The first-order valence-electron chi connectivity index (χ1n) is 4.97. The first kappa shape index (κ1) is 11.3. The molecule has 2 rings (SSSR count). The Hall–Kier alpha value is -2.17. The number of carbonyl (C=O) groups is 1. The van der Waals surface area contributed by atoms with Gasteiger partial charge in [0.25, 0.3) is 0 Å². The summed E-state index contributed by atoms with van der Waals surface area (Å²) in [5.41, 5.74) is 0.968. The number of aromatic carboxylic acids is 1. The van der Waals surface area contributed by atoms with E-state index in [0.717, 1.165) is 0 Å². The van der Waals surface area contributed by atoms with E-state index in [1.54, 1.807) is 19.1 Å². The van der Waals surface area contributed by atoms with Crippen LogP contribution in [0.25, 0.3) is 11.0 Å². The van der Waals surface area contributed by atoms with Gasteiger partial charge in [-0.2, -0.15) is 0 Å². The Balaban J connectivity index is 2.81. The van der Waals surface area contributed by atoms with E-state index in [-0.39, 0.29) is 5.76 Å². The molecule has 5 nitrogen and oxygen atoms in total. The summed E-state index contributed by atoms with van der Waals surface area (Å²) in [5.74, 6) is -0.266. The van der Waals surface area contributed by atoms with Crippen LogP contribution in [-0.4, -0.2) is 25.3 Å². The minimum atomic E-state index is -1.10. The van der Waals surface area contributed by atoms with Crippen LogP contribution in [-0.2, 0) is 0 Å². The molecule has 1 N–H and O–H groups in total. The number of carboxylic acids is 1. The van der Waals surface area contributed by atoms with Gasteiger partial charge in [-0.1, -0.05) is 0 Å². The van der Waals surface area contributed by atoms with Crippen LogP contribution in [0.1, 0.15) is 16.1 Å². The van der Waals surface area contributed by atoms with E-state index in [1.165, 1.54) is 14.2 Å². The summed E-state index contributed by atoms with van der Waals surface area (Å²) in [6.45, 7) is 1.70. The summed E-state index contributed by atoms with van der Waals surface area (Å²) in [6.07, 6.45) is 0. The lowest BCUT2D eigenvalue weighted by atomic mass is 10.1. The Morgan fingerprint density at radius 2 is 2.00 bits per heavy atom. The van der Waals surface area contributed by atoms with E-state index in [2.05, 4.69) is 0 Å². The first-order chi connectivity index (χ1) is 8.10. The number of carboxylic acid groups (broad SMARTS) is 1. The minimum absolute atomic E-state index is 0.0773. The standard InChI is InChI=1S/C12H12O5/c1-6-7-4-5-8(15-2)11(16-3)10(7)17-9(6)12(13)14/h4-5H,1-3H3,(H,13,14). The number of benzene rings is 1. The van der Waals surface area contributed by atoms with Gasteiger partial charge in [0.1, 0.15) is 0 Å². The fourth-order valence-electron chi connectivity index (χ4n) is 1.80. The van der Waals surface area contributed by atoms with Crippen LogP contribution in [0.2, 0.25) is 0 Å². The van der Waals surface area contributed by atoms with Gasteiger partial charge in [0.2, 0.25) is 11.5 Å². The van der Waals surface area contributed by atoms with Crippen molar-refractivity contribution in [3.05, 3.63) is 23.5 Å². The van der Waals surface area contributed by atoms with Gasteiger partial charge in [0.15, 0.2) is 11.3 Å². The van der Waals surface area contributed by atoms with Crippen molar-refractivity contribution in [3.63, 3.8) is 0 Å². The highest BCUT2D eigenvalue weighted by Gasteiger charge is 2.21. The molecule has 0 spiro atoms. The van der Waals surface area contributed by atoms with Crippen LogP contribution in [0.15, 0.2) is 16.5 Å². The van der Waals surface area contributed by atoms with Crippen molar-refractivity contribution in [1.82, 2.24) is 0 Å². The molecule has 90 valence electrons. The molecule has 0 atom stereocenters. The van der Waals surface area contributed by atoms with Gasteiger partial charge in [-0.05, 0) is 19.1 Å². The lowest BCUT2D eigenvalue weighted by molar-refractivity contribution is 0.0663. The Morgan fingerprint density at radius 1 is 1.29 bits per heavy atom. The number of aryl methyl sites for hydroxylation is 1. The van der Waals surface area contributed by atoms with Gasteiger partial charge in [0.05, 0.1) is 14.2 Å². The maximum Gasteiger partial charge on any atom is 0.372 e. The summed E-state index contributed by atoms with van der Waals surface area (Å²) < 4.78 is 15.6. The summed E-state index contributed by atoms with van der Waals surface area (Å²) in [5, 5.41) is 9.70. The average Bonchev–Trinajstić information content (AvgIpc) is 2.65. The van der Waals surface area contributed by atoms with E-state index >= 15 is 0 Å². The fourth-order valence-corrected chi connectivity index (χ4v) is 1.80. The van der Waals surface area contributed by atoms with E-state index in [0.29, 0.717) is 28.0 Å².